The molecule has 3 aromatic carbocycles. The van der Waals surface area contributed by atoms with Gasteiger partial charge in [-0.3, -0.25) is 9.59 Å². The lowest BCUT2D eigenvalue weighted by Crippen LogP contribution is -2.23. The Kier molecular flexibility index (Phi) is 6.17. The molecule has 0 spiro atoms. The Morgan fingerprint density at radius 1 is 1.03 bits per heavy atom. The second kappa shape index (κ2) is 9.05. The number of hydrogen-bond donors (Lipinski definition) is 1. The number of carbonyl (C=O) groups excluding carboxylic acids is 2. The summed E-state index contributed by atoms with van der Waals surface area (Å²) in [6.45, 7) is -0.500. The Morgan fingerprint density at radius 3 is 2.61 bits per heavy atom. The molecule has 9 heteroatoms. The van der Waals surface area contributed by atoms with Gasteiger partial charge in [-0.15, -0.1) is 0 Å². The molecule has 1 N–H and O–H groups in total. The van der Waals surface area contributed by atoms with Gasteiger partial charge in [-0.25, -0.2) is 12.7 Å². The molecule has 0 saturated heterocycles. The van der Waals surface area contributed by atoms with Crippen LogP contribution in [-0.2, 0) is 30.8 Å². The van der Waals surface area contributed by atoms with Gasteiger partial charge in [0.2, 0.25) is 10.0 Å². The standard InChI is InChI=1S/C24H22N2O6S/c1-26(2)33(29,30)19-8-5-7-18(13-19)25-22(27)15-32-23(28)12-17-14-31-21-11-10-16-6-3-4-9-20(16)24(17)21/h3-11,13-14H,12,15H2,1-2H3,(H,25,27). The van der Waals surface area contributed by atoms with E-state index in [9.17, 15) is 18.0 Å². The maximum atomic E-state index is 12.4. The number of carbonyl (C=O) groups is 2. The van der Waals surface area contributed by atoms with Crippen molar-refractivity contribution in [2.24, 2.45) is 0 Å². The zero-order chi connectivity index (χ0) is 23.6. The van der Waals surface area contributed by atoms with E-state index in [0.29, 0.717) is 11.1 Å². The molecule has 4 aromatic rings. The third-order valence-corrected chi connectivity index (χ3v) is 6.95. The molecule has 0 aliphatic carbocycles. The Labute approximate surface area is 190 Å². The average molecular weight is 467 g/mol. The lowest BCUT2D eigenvalue weighted by molar-refractivity contribution is -0.146. The lowest BCUT2D eigenvalue weighted by Gasteiger charge is -2.12. The summed E-state index contributed by atoms with van der Waals surface area (Å²) in [7, 11) is -0.791. The molecule has 0 aliphatic heterocycles. The summed E-state index contributed by atoms with van der Waals surface area (Å²) >= 11 is 0. The van der Waals surface area contributed by atoms with E-state index in [1.165, 1.54) is 38.6 Å². The van der Waals surface area contributed by atoms with Gasteiger partial charge in [-0.2, -0.15) is 0 Å². The van der Waals surface area contributed by atoms with Gasteiger partial charge in [0.05, 0.1) is 17.6 Å². The van der Waals surface area contributed by atoms with Crippen molar-refractivity contribution in [3.8, 4) is 0 Å². The molecule has 1 amide bonds. The molecule has 0 atom stereocenters. The van der Waals surface area contributed by atoms with Crippen LogP contribution in [0.4, 0.5) is 5.69 Å². The number of nitrogens with zero attached hydrogens (tertiary/aromatic N) is 1. The van der Waals surface area contributed by atoms with Crippen LogP contribution in [0.5, 0.6) is 0 Å². The molecule has 0 radical (unpaired) electrons. The number of nitrogens with one attached hydrogen (secondary N) is 1. The first-order valence-electron chi connectivity index (χ1n) is 10.1. The Balaban J connectivity index is 1.40. The van der Waals surface area contributed by atoms with Gasteiger partial charge < -0.3 is 14.5 Å². The molecule has 0 saturated carbocycles. The predicted octanol–water partition coefficient (Wildman–Crippen LogP) is 3.56. The van der Waals surface area contributed by atoms with Crippen LogP contribution in [-0.4, -0.2) is 45.3 Å². The topological polar surface area (TPSA) is 106 Å². The van der Waals surface area contributed by atoms with Gasteiger partial charge in [0.15, 0.2) is 6.61 Å². The van der Waals surface area contributed by atoms with Crippen LogP contribution < -0.4 is 5.32 Å². The minimum Gasteiger partial charge on any atom is -0.464 e. The van der Waals surface area contributed by atoms with E-state index in [1.54, 1.807) is 6.07 Å². The van der Waals surface area contributed by atoms with Gasteiger partial charge in [0.1, 0.15) is 5.58 Å². The van der Waals surface area contributed by atoms with E-state index in [2.05, 4.69) is 5.32 Å². The van der Waals surface area contributed by atoms with Crippen molar-refractivity contribution in [2.75, 3.05) is 26.0 Å². The van der Waals surface area contributed by atoms with Crippen LogP contribution >= 0.6 is 0 Å². The van der Waals surface area contributed by atoms with E-state index < -0.39 is 28.5 Å². The highest BCUT2D eigenvalue weighted by Crippen LogP contribution is 2.30. The molecule has 0 bridgehead atoms. The minimum atomic E-state index is -3.64. The molecule has 0 fully saturated rings. The van der Waals surface area contributed by atoms with Crippen molar-refractivity contribution < 1.29 is 27.2 Å². The molecule has 1 aromatic heterocycles. The maximum Gasteiger partial charge on any atom is 0.310 e. The quantitative estimate of drug-likeness (QED) is 0.418. The van der Waals surface area contributed by atoms with E-state index in [-0.39, 0.29) is 17.0 Å². The number of amides is 1. The molecule has 0 unspecified atom stereocenters. The van der Waals surface area contributed by atoms with E-state index >= 15 is 0 Å². The zero-order valence-electron chi connectivity index (χ0n) is 18.1. The smallest absolute Gasteiger partial charge is 0.310 e. The first-order chi connectivity index (χ1) is 15.8. The van der Waals surface area contributed by atoms with Crippen LogP contribution in [0.25, 0.3) is 21.7 Å². The van der Waals surface area contributed by atoms with Crippen molar-refractivity contribution in [1.82, 2.24) is 4.31 Å². The third kappa shape index (κ3) is 4.74. The fraction of sp³-hybridized carbons (Fsp3) is 0.167. The van der Waals surface area contributed by atoms with Crippen molar-refractivity contribution in [3.05, 3.63) is 72.5 Å². The van der Waals surface area contributed by atoms with E-state index in [4.69, 9.17) is 9.15 Å². The van der Waals surface area contributed by atoms with Gasteiger partial charge in [-0.05, 0) is 35.0 Å². The van der Waals surface area contributed by atoms with Crippen molar-refractivity contribution in [1.29, 1.82) is 0 Å². The van der Waals surface area contributed by atoms with Gasteiger partial charge in [0, 0.05) is 30.7 Å². The Hall–Kier alpha value is -3.69. The molecule has 170 valence electrons. The van der Waals surface area contributed by atoms with Gasteiger partial charge in [0.25, 0.3) is 5.91 Å². The lowest BCUT2D eigenvalue weighted by atomic mass is 10.0. The molecule has 8 nitrogen and oxygen atoms in total. The third-order valence-electron chi connectivity index (χ3n) is 5.14. The first kappa shape index (κ1) is 22.5. The van der Waals surface area contributed by atoms with E-state index in [0.717, 1.165) is 20.5 Å². The summed E-state index contributed by atoms with van der Waals surface area (Å²) in [5.41, 5.74) is 1.63. The van der Waals surface area contributed by atoms with Crippen molar-refractivity contribution in [3.63, 3.8) is 0 Å². The van der Waals surface area contributed by atoms with Crippen LogP contribution in [0.15, 0.2) is 76.2 Å². The molecule has 1 heterocycles. The Bertz CT molecular complexity index is 1460. The second-order valence-electron chi connectivity index (χ2n) is 7.62. The number of sulfonamides is 1. The summed E-state index contributed by atoms with van der Waals surface area (Å²) in [5, 5.41) is 5.38. The zero-order valence-corrected chi connectivity index (χ0v) is 18.9. The van der Waals surface area contributed by atoms with Gasteiger partial charge >= 0.3 is 5.97 Å². The Morgan fingerprint density at radius 2 is 1.82 bits per heavy atom. The van der Waals surface area contributed by atoms with Crippen LogP contribution in [0, 0.1) is 0 Å². The number of esters is 1. The molecule has 4 rings (SSSR count). The molecule has 33 heavy (non-hydrogen) atoms. The normalized spacial score (nSPS) is 11.7. The SMILES string of the molecule is CN(C)S(=O)(=O)c1cccc(NC(=O)COC(=O)Cc2coc3ccc4ccccc4c23)c1. The number of fused-ring (bicyclic) bond motifs is 3. The van der Waals surface area contributed by atoms with Crippen molar-refractivity contribution in [2.45, 2.75) is 11.3 Å². The number of ether oxygens (including phenoxy) is 1. The van der Waals surface area contributed by atoms with Crippen LogP contribution in [0.2, 0.25) is 0 Å². The number of furan rings is 1. The minimum absolute atomic E-state index is 0.0429. The largest absolute Gasteiger partial charge is 0.464 e. The molecule has 0 aliphatic rings. The summed E-state index contributed by atoms with van der Waals surface area (Å²) in [4.78, 5) is 24.7. The second-order valence-corrected chi connectivity index (χ2v) is 9.77. The number of hydrogen-bond acceptors (Lipinski definition) is 6. The summed E-state index contributed by atoms with van der Waals surface area (Å²) in [6, 6.07) is 17.4. The average Bonchev–Trinajstić information content (AvgIpc) is 3.21. The highest BCUT2D eigenvalue weighted by atomic mass is 32.2. The fourth-order valence-corrected chi connectivity index (χ4v) is 4.45. The van der Waals surface area contributed by atoms with E-state index in [1.807, 2.05) is 36.4 Å². The maximum absolute atomic E-state index is 12.4. The highest BCUT2D eigenvalue weighted by Gasteiger charge is 2.18. The number of rotatable bonds is 7. The predicted molar refractivity (Wildman–Crippen MR) is 124 cm³/mol. The van der Waals surface area contributed by atoms with Gasteiger partial charge in [-0.1, -0.05) is 36.4 Å². The summed E-state index contributed by atoms with van der Waals surface area (Å²) in [6.07, 6.45) is 1.47. The van der Waals surface area contributed by atoms with Crippen molar-refractivity contribution >= 4 is 49.3 Å². The fourth-order valence-electron chi connectivity index (χ4n) is 3.50. The molecular weight excluding hydrogens is 444 g/mol. The number of anilines is 1. The summed E-state index contributed by atoms with van der Waals surface area (Å²) < 4.78 is 36.3. The highest BCUT2D eigenvalue weighted by molar-refractivity contribution is 7.89. The molecular formula is C24H22N2O6S. The summed E-state index contributed by atoms with van der Waals surface area (Å²) in [5.74, 6) is -1.16. The van der Waals surface area contributed by atoms with Crippen LogP contribution in [0.3, 0.4) is 0 Å². The first-order valence-corrected chi connectivity index (χ1v) is 11.6. The monoisotopic (exact) mass is 466 g/mol. The number of benzene rings is 3. The van der Waals surface area contributed by atoms with Crippen LogP contribution in [0.1, 0.15) is 5.56 Å².